The standard InChI is InChI=1S/C15H20Cl2N2O2/c1-18-15(20)9-19-6-4-12(5-7-19)21-10-11-2-3-13(16)14(17)8-11/h2-3,8,12H,4-7,9-10H2,1H3,(H,18,20). The van der Waals surface area contributed by atoms with Crippen LogP contribution in [0.2, 0.25) is 10.0 Å². The molecule has 0 bridgehead atoms. The first-order valence-electron chi connectivity index (χ1n) is 7.07. The smallest absolute Gasteiger partial charge is 0.233 e. The van der Waals surface area contributed by atoms with Gasteiger partial charge in [0.25, 0.3) is 0 Å². The number of nitrogens with one attached hydrogen (secondary N) is 1. The van der Waals surface area contributed by atoms with Crippen LogP contribution in [0.25, 0.3) is 0 Å². The Morgan fingerprint density at radius 3 is 2.67 bits per heavy atom. The summed E-state index contributed by atoms with van der Waals surface area (Å²) in [4.78, 5) is 13.5. The highest BCUT2D eigenvalue weighted by Gasteiger charge is 2.20. The Bertz CT molecular complexity index is 489. The van der Waals surface area contributed by atoms with Crippen LogP contribution in [0, 0.1) is 0 Å². The lowest BCUT2D eigenvalue weighted by atomic mass is 10.1. The molecule has 0 atom stereocenters. The molecule has 1 aromatic carbocycles. The first-order chi connectivity index (χ1) is 10.1. The average Bonchev–Trinajstić information content (AvgIpc) is 2.50. The van der Waals surface area contributed by atoms with E-state index >= 15 is 0 Å². The number of benzene rings is 1. The second-order valence-corrected chi connectivity index (χ2v) is 6.02. The van der Waals surface area contributed by atoms with Gasteiger partial charge in [-0.2, -0.15) is 0 Å². The molecule has 1 aliphatic rings. The summed E-state index contributed by atoms with van der Waals surface area (Å²) in [7, 11) is 1.66. The predicted octanol–water partition coefficient (Wildman–Crippen LogP) is 2.72. The Hall–Kier alpha value is -0.810. The Labute approximate surface area is 135 Å². The Kier molecular flexibility index (Phi) is 6.30. The van der Waals surface area contributed by atoms with E-state index in [1.807, 2.05) is 12.1 Å². The molecule has 1 fully saturated rings. The van der Waals surface area contributed by atoms with E-state index in [2.05, 4.69) is 10.2 Å². The maximum atomic E-state index is 11.3. The van der Waals surface area contributed by atoms with Crippen LogP contribution in [0.3, 0.4) is 0 Å². The minimum Gasteiger partial charge on any atom is -0.373 e. The molecular weight excluding hydrogens is 311 g/mol. The predicted molar refractivity (Wildman–Crippen MR) is 84.8 cm³/mol. The summed E-state index contributed by atoms with van der Waals surface area (Å²) >= 11 is 11.9. The van der Waals surface area contributed by atoms with Gasteiger partial charge in [0.2, 0.25) is 5.91 Å². The molecule has 0 radical (unpaired) electrons. The molecule has 1 heterocycles. The zero-order valence-corrected chi connectivity index (χ0v) is 13.6. The second-order valence-electron chi connectivity index (χ2n) is 5.21. The Balaban J connectivity index is 1.73. The third-order valence-corrected chi connectivity index (χ3v) is 4.39. The fourth-order valence-corrected chi connectivity index (χ4v) is 2.68. The molecule has 0 unspecified atom stereocenters. The fourth-order valence-electron chi connectivity index (χ4n) is 2.36. The molecule has 21 heavy (non-hydrogen) atoms. The second kappa shape index (κ2) is 7.99. The molecule has 1 aromatic rings. The number of hydrogen-bond donors (Lipinski definition) is 1. The van der Waals surface area contributed by atoms with E-state index in [0.29, 0.717) is 23.2 Å². The van der Waals surface area contributed by atoms with Gasteiger partial charge >= 0.3 is 0 Å². The van der Waals surface area contributed by atoms with Crippen molar-refractivity contribution in [2.45, 2.75) is 25.6 Å². The number of carbonyl (C=O) groups excluding carboxylic acids is 1. The van der Waals surface area contributed by atoms with E-state index in [0.717, 1.165) is 31.5 Å². The zero-order valence-electron chi connectivity index (χ0n) is 12.1. The third-order valence-electron chi connectivity index (χ3n) is 3.65. The number of likely N-dealkylation sites (tertiary alicyclic amines) is 1. The lowest BCUT2D eigenvalue weighted by Gasteiger charge is -2.31. The van der Waals surface area contributed by atoms with Crippen LogP contribution >= 0.6 is 23.2 Å². The first kappa shape index (κ1) is 16.6. The van der Waals surface area contributed by atoms with Gasteiger partial charge in [0.1, 0.15) is 0 Å². The van der Waals surface area contributed by atoms with Crippen molar-refractivity contribution in [3.05, 3.63) is 33.8 Å². The number of carbonyl (C=O) groups is 1. The number of piperidine rings is 1. The third kappa shape index (κ3) is 5.15. The van der Waals surface area contributed by atoms with Crippen molar-refractivity contribution in [3.63, 3.8) is 0 Å². The summed E-state index contributed by atoms with van der Waals surface area (Å²) in [5.41, 5.74) is 1.03. The van der Waals surface area contributed by atoms with Crippen LogP contribution < -0.4 is 5.32 Å². The van der Waals surface area contributed by atoms with E-state index in [4.69, 9.17) is 27.9 Å². The van der Waals surface area contributed by atoms with Gasteiger partial charge in [0, 0.05) is 20.1 Å². The van der Waals surface area contributed by atoms with Crippen LogP contribution in [0.5, 0.6) is 0 Å². The maximum Gasteiger partial charge on any atom is 0.233 e. The van der Waals surface area contributed by atoms with E-state index in [9.17, 15) is 4.79 Å². The van der Waals surface area contributed by atoms with E-state index < -0.39 is 0 Å². The van der Waals surface area contributed by atoms with Gasteiger partial charge in [-0.05, 0) is 30.5 Å². The number of halogens is 2. The zero-order chi connectivity index (χ0) is 15.2. The van der Waals surface area contributed by atoms with Crippen LogP contribution in [0.4, 0.5) is 0 Å². The Morgan fingerprint density at radius 2 is 2.05 bits per heavy atom. The molecule has 1 aliphatic heterocycles. The van der Waals surface area contributed by atoms with E-state index in [1.165, 1.54) is 0 Å². The fraction of sp³-hybridized carbons (Fsp3) is 0.533. The number of rotatable bonds is 5. The van der Waals surface area contributed by atoms with Crippen molar-refractivity contribution < 1.29 is 9.53 Å². The lowest BCUT2D eigenvalue weighted by molar-refractivity contribution is -0.122. The number of likely N-dealkylation sites (N-methyl/N-ethyl adjacent to an activating group) is 1. The molecule has 116 valence electrons. The summed E-state index contributed by atoms with van der Waals surface area (Å²) in [6.45, 7) is 2.78. The molecule has 1 saturated heterocycles. The molecule has 1 amide bonds. The van der Waals surface area contributed by atoms with Crippen LogP contribution in [-0.2, 0) is 16.1 Å². The highest BCUT2D eigenvalue weighted by Crippen LogP contribution is 2.23. The van der Waals surface area contributed by atoms with Crippen LogP contribution in [0.1, 0.15) is 18.4 Å². The average molecular weight is 331 g/mol. The van der Waals surface area contributed by atoms with Gasteiger partial charge in [-0.15, -0.1) is 0 Å². The highest BCUT2D eigenvalue weighted by molar-refractivity contribution is 6.42. The van der Waals surface area contributed by atoms with Crippen molar-refractivity contribution in [2.75, 3.05) is 26.7 Å². The minimum absolute atomic E-state index is 0.0603. The number of amides is 1. The summed E-state index contributed by atoms with van der Waals surface area (Å²) in [5.74, 6) is 0.0603. The highest BCUT2D eigenvalue weighted by atomic mass is 35.5. The topological polar surface area (TPSA) is 41.6 Å². The summed E-state index contributed by atoms with van der Waals surface area (Å²) in [6.07, 6.45) is 2.12. The molecule has 6 heteroatoms. The van der Waals surface area contributed by atoms with Crippen molar-refractivity contribution in [2.24, 2.45) is 0 Å². The largest absolute Gasteiger partial charge is 0.373 e. The molecule has 1 N–H and O–H groups in total. The molecule has 0 saturated carbocycles. The van der Waals surface area contributed by atoms with E-state index in [1.54, 1.807) is 13.1 Å². The van der Waals surface area contributed by atoms with Crippen molar-refractivity contribution in [1.82, 2.24) is 10.2 Å². The van der Waals surface area contributed by atoms with Gasteiger partial charge in [0.15, 0.2) is 0 Å². The van der Waals surface area contributed by atoms with Crippen LogP contribution in [-0.4, -0.2) is 43.6 Å². The van der Waals surface area contributed by atoms with Gasteiger partial charge in [-0.3, -0.25) is 9.69 Å². The summed E-state index contributed by atoms with van der Waals surface area (Å²) < 4.78 is 5.91. The molecule has 4 nitrogen and oxygen atoms in total. The van der Waals surface area contributed by atoms with Crippen molar-refractivity contribution in [1.29, 1.82) is 0 Å². The minimum atomic E-state index is 0.0603. The van der Waals surface area contributed by atoms with Gasteiger partial charge in [0.05, 0.1) is 29.3 Å². The molecule has 2 rings (SSSR count). The SMILES string of the molecule is CNC(=O)CN1CCC(OCc2ccc(Cl)c(Cl)c2)CC1. The molecule has 0 aromatic heterocycles. The summed E-state index contributed by atoms with van der Waals surface area (Å²) in [6, 6.07) is 5.55. The Morgan fingerprint density at radius 1 is 1.33 bits per heavy atom. The number of hydrogen-bond acceptors (Lipinski definition) is 3. The lowest BCUT2D eigenvalue weighted by Crippen LogP contribution is -2.42. The van der Waals surface area contributed by atoms with Gasteiger partial charge < -0.3 is 10.1 Å². The molecular formula is C15H20Cl2N2O2. The van der Waals surface area contributed by atoms with E-state index in [-0.39, 0.29) is 12.0 Å². The van der Waals surface area contributed by atoms with Gasteiger partial charge in [-0.25, -0.2) is 0 Å². The quantitative estimate of drug-likeness (QED) is 0.902. The van der Waals surface area contributed by atoms with Crippen molar-refractivity contribution in [3.8, 4) is 0 Å². The normalized spacial score (nSPS) is 16.9. The molecule has 0 aliphatic carbocycles. The van der Waals surface area contributed by atoms with Crippen molar-refractivity contribution >= 4 is 29.1 Å². The maximum absolute atomic E-state index is 11.3. The number of ether oxygens (including phenoxy) is 1. The monoisotopic (exact) mass is 330 g/mol. The first-order valence-corrected chi connectivity index (χ1v) is 7.82. The van der Waals surface area contributed by atoms with Gasteiger partial charge in [-0.1, -0.05) is 29.3 Å². The van der Waals surface area contributed by atoms with Crippen LogP contribution in [0.15, 0.2) is 18.2 Å². The summed E-state index contributed by atoms with van der Waals surface area (Å²) in [5, 5.41) is 3.76. The number of nitrogens with zero attached hydrogens (tertiary/aromatic N) is 1. The molecule has 0 spiro atoms.